The van der Waals surface area contributed by atoms with E-state index < -0.39 is 45.9 Å². The molecule has 2 aliphatic heterocycles. The number of hydrogen-bond donors (Lipinski definition) is 1. The highest BCUT2D eigenvalue weighted by atomic mass is 32.2. The summed E-state index contributed by atoms with van der Waals surface area (Å²) in [6, 6.07) is -2.28. The lowest BCUT2D eigenvalue weighted by molar-refractivity contribution is -0.153. The summed E-state index contributed by atoms with van der Waals surface area (Å²) < 4.78 is 34.7. The molecule has 0 aliphatic carbocycles. The fourth-order valence-electron chi connectivity index (χ4n) is 4.57. The fraction of sp³-hybridized carbons (Fsp3) is 0.571. The number of sulfonamides is 1. The molecule has 4 rings (SSSR count). The second-order valence-electron chi connectivity index (χ2n) is 8.70. The van der Waals surface area contributed by atoms with E-state index in [9.17, 15) is 22.8 Å². The molecule has 0 radical (unpaired) electrons. The standard InChI is InChI=1S/C21H28N6O6S2/c1-13-23-15(11-34-13)19(28)27-8-6-14(24-35(31,32)18-10-25(2)12-22-18)9-17(27)20(29)26-7-4-5-16(26)21(30)33-3/h10-12,14,16-17,24H,4-9H2,1-3H3/t14-,16+,17-/m0/s1. The molecule has 2 aliphatic rings. The van der Waals surface area contributed by atoms with Crippen LogP contribution in [0.1, 0.15) is 41.2 Å². The van der Waals surface area contributed by atoms with Gasteiger partial charge in [0.1, 0.15) is 17.8 Å². The molecule has 2 fully saturated rings. The average Bonchev–Trinajstić information content (AvgIpc) is 3.58. The Balaban J connectivity index is 1.59. The van der Waals surface area contributed by atoms with E-state index >= 15 is 0 Å². The van der Waals surface area contributed by atoms with Crippen LogP contribution in [0.15, 0.2) is 22.9 Å². The molecule has 0 aromatic carbocycles. The van der Waals surface area contributed by atoms with Gasteiger partial charge in [0, 0.05) is 37.8 Å². The normalized spacial score (nSPS) is 22.9. The van der Waals surface area contributed by atoms with Crippen LogP contribution in [0.5, 0.6) is 0 Å². The zero-order valence-corrected chi connectivity index (χ0v) is 21.3. The summed E-state index contributed by atoms with van der Waals surface area (Å²) in [4.78, 5) is 50.3. The third-order valence-corrected chi connectivity index (χ3v) is 8.45. The number of hydrogen-bond acceptors (Lipinski definition) is 9. The molecule has 0 unspecified atom stereocenters. The number of thiazole rings is 1. The van der Waals surface area contributed by atoms with Gasteiger partial charge in [-0.2, -0.15) is 0 Å². The lowest BCUT2D eigenvalue weighted by Crippen LogP contribution is -2.59. The first-order valence-electron chi connectivity index (χ1n) is 11.2. The molecular formula is C21H28N6O6S2. The number of likely N-dealkylation sites (tertiary alicyclic amines) is 2. The summed E-state index contributed by atoms with van der Waals surface area (Å²) >= 11 is 1.33. The molecule has 0 saturated carbocycles. The van der Waals surface area contributed by atoms with Crippen molar-refractivity contribution in [1.29, 1.82) is 0 Å². The molecule has 35 heavy (non-hydrogen) atoms. The minimum atomic E-state index is -3.92. The topological polar surface area (TPSA) is 144 Å². The van der Waals surface area contributed by atoms with E-state index in [1.807, 2.05) is 0 Å². The number of rotatable bonds is 6. The third kappa shape index (κ3) is 5.23. The average molecular weight is 525 g/mol. The van der Waals surface area contributed by atoms with Crippen molar-refractivity contribution < 1.29 is 27.5 Å². The largest absolute Gasteiger partial charge is 0.467 e. The molecule has 2 saturated heterocycles. The minimum absolute atomic E-state index is 0.0597. The van der Waals surface area contributed by atoms with Crippen molar-refractivity contribution in [3.63, 3.8) is 0 Å². The van der Waals surface area contributed by atoms with Crippen LogP contribution in [-0.2, 0) is 31.4 Å². The number of aromatic nitrogens is 3. The van der Waals surface area contributed by atoms with Crippen molar-refractivity contribution in [3.05, 3.63) is 28.6 Å². The van der Waals surface area contributed by atoms with Gasteiger partial charge in [0.15, 0.2) is 5.03 Å². The van der Waals surface area contributed by atoms with E-state index in [1.165, 1.54) is 45.3 Å². The number of carbonyl (C=O) groups is 3. The number of carbonyl (C=O) groups excluding carboxylic acids is 3. The van der Waals surface area contributed by atoms with Crippen molar-refractivity contribution in [2.75, 3.05) is 20.2 Å². The van der Waals surface area contributed by atoms with Gasteiger partial charge in [0.2, 0.25) is 5.91 Å². The zero-order chi connectivity index (χ0) is 25.3. The highest BCUT2D eigenvalue weighted by Gasteiger charge is 2.44. The second kappa shape index (κ2) is 10.0. The number of nitrogens with one attached hydrogen (secondary N) is 1. The smallest absolute Gasteiger partial charge is 0.328 e. The van der Waals surface area contributed by atoms with Crippen LogP contribution in [-0.4, -0.2) is 88.9 Å². The van der Waals surface area contributed by atoms with Gasteiger partial charge in [-0.25, -0.2) is 27.9 Å². The van der Waals surface area contributed by atoms with Gasteiger partial charge in [-0.1, -0.05) is 0 Å². The Kier molecular flexibility index (Phi) is 7.24. The van der Waals surface area contributed by atoms with Gasteiger partial charge in [-0.15, -0.1) is 11.3 Å². The van der Waals surface area contributed by atoms with Crippen molar-refractivity contribution in [2.24, 2.45) is 7.05 Å². The maximum absolute atomic E-state index is 13.7. The Hall–Kier alpha value is -2.84. The van der Waals surface area contributed by atoms with Crippen molar-refractivity contribution in [3.8, 4) is 0 Å². The maximum Gasteiger partial charge on any atom is 0.328 e. The third-order valence-electron chi connectivity index (χ3n) is 6.27. The zero-order valence-electron chi connectivity index (χ0n) is 19.7. The van der Waals surface area contributed by atoms with Gasteiger partial charge in [0.05, 0.1) is 18.4 Å². The van der Waals surface area contributed by atoms with Crippen molar-refractivity contribution >= 4 is 39.1 Å². The number of piperidine rings is 1. The second-order valence-corrected chi connectivity index (χ2v) is 11.4. The lowest BCUT2D eigenvalue weighted by atomic mass is 9.96. The molecular weight excluding hydrogens is 496 g/mol. The highest BCUT2D eigenvalue weighted by Crippen LogP contribution is 2.27. The molecule has 2 aromatic rings. The molecule has 3 atom stereocenters. The summed E-state index contributed by atoms with van der Waals surface area (Å²) in [5, 5.41) is 2.24. The summed E-state index contributed by atoms with van der Waals surface area (Å²) in [6.07, 6.45) is 4.25. The molecule has 0 spiro atoms. The summed E-state index contributed by atoms with van der Waals surface area (Å²) in [5.41, 5.74) is 0.240. The van der Waals surface area contributed by atoms with Crippen LogP contribution in [0.4, 0.5) is 0 Å². The maximum atomic E-state index is 13.7. The molecule has 4 heterocycles. The number of esters is 1. The predicted octanol–water partition coefficient (Wildman–Crippen LogP) is 0.301. The van der Waals surface area contributed by atoms with Crippen LogP contribution in [0, 0.1) is 6.92 Å². The van der Waals surface area contributed by atoms with Crippen LogP contribution in [0.3, 0.4) is 0 Å². The van der Waals surface area contributed by atoms with E-state index in [2.05, 4.69) is 14.7 Å². The first-order valence-corrected chi connectivity index (χ1v) is 13.6. The number of methoxy groups -OCH3 is 1. The molecule has 14 heteroatoms. The first kappa shape index (κ1) is 25.3. The summed E-state index contributed by atoms with van der Waals surface area (Å²) in [7, 11) is -0.981. The molecule has 190 valence electrons. The Morgan fingerprint density at radius 1 is 1.17 bits per heavy atom. The van der Waals surface area contributed by atoms with E-state index in [0.717, 1.165) is 5.01 Å². The highest BCUT2D eigenvalue weighted by molar-refractivity contribution is 7.89. The Labute approximate surface area is 207 Å². The van der Waals surface area contributed by atoms with Gasteiger partial charge in [-0.05, 0) is 32.6 Å². The molecule has 1 N–H and O–H groups in total. The van der Waals surface area contributed by atoms with Crippen LogP contribution < -0.4 is 4.72 Å². The monoisotopic (exact) mass is 524 g/mol. The molecule has 2 aromatic heterocycles. The van der Waals surface area contributed by atoms with Crippen LogP contribution >= 0.6 is 11.3 Å². The Morgan fingerprint density at radius 2 is 1.94 bits per heavy atom. The lowest BCUT2D eigenvalue weighted by Gasteiger charge is -2.40. The van der Waals surface area contributed by atoms with Gasteiger partial charge in [0.25, 0.3) is 15.9 Å². The van der Waals surface area contributed by atoms with Crippen LogP contribution in [0.25, 0.3) is 0 Å². The minimum Gasteiger partial charge on any atom is -0.467 e. The van der Waals surface area contributed by atoms with E-state index in [-0.39, 0.29) is 23.7 Å². The number of imidazole rings is 1. The molecule has 12 nitrogen and oxygen atoms in total. The van der Waals surface area contributed by atoms with Gasteiger partial charge >= 0.3 is 5.97 Å². The SMILES string of the molecule is COC(=O)[C@H]1CCCN1C(=O)[C@@H]1C[C@@H](NS(=O)(=O)c2cn(C)cn2)CCN1C(=O)c1csc(C)n1. The summed E-state index contributed by atoms with van der Waals surface area (Å²) in [6.45, 7) is 2.29. The van der Waals surface area contributed by atoms with Gasteiger partial charge in [-0.3, -0.25) is 9.59 Å². The number of ether oxygens (including phenoxy) is 1. The Bertz CT molecular complexity index is 1220. The van der Waals surface area contributed by atoms with E-state index in [4.69, 9.17) is 4.74 Å². The van der Waals surface area contributed by atoms with E-state index in [0.29, 0.717) is 25.8 Å². The first-order chi connectivity index (χ1) is 16.6. The van der Waals surface area contributed by atoms with E-state index in [1.54, 1.807) is 19.4 Å². The molecule has 0 bridgehead atoms. The number of aryl methyl sites for hydroxylation is 2. The van der Waals surface area contributed by atoms with Gasteiger partial charge < -0.3 is 19.1 Å². The number of amides is 2. The predicted molar refractivity (Wildman–Crippen MR) is 125 cm³/mol. The van der Waals surface area contributed by atoms with Crippen molar-refractivity contribution in [1.82, 2.24) is 29.1 Å². The molecule has 2 amide bonds. The van der Waals surface area contributed by atoms with Crippen molar-refractivity contribution in [2.45, 2.75) is 55.8 Å². The Morgan fingerprint density at radius 3 is 2.57 bits per heavy atom. The quantitative estimate of drug-likeness (QED) is 0.532. The number of nitrogens with zero attached hydrogens (tertiary/aromatic N) is 5. The van der Waals surface area contributed by atoms with Crippen LogP contribution in [0.2, 0.25) is 0 Å². The summed E-state index contributed by atoms with van der Waals surface area (Å²) in [5.74, 6) is -1.31. The fourth-order valence-corrected chi connectivity index (χ4v) is 6.42.